The third-order valence-electron chi connectivity index (χ3n) is 3.21. The normalized spacial score (nSPS) is 10.4. The number of aromatic nitrogens is 1. The monoisotopic (exact) mass is 335 g/mol. The van der Waals surface area contributed by atoms with Crippen molar-refractivity contribution in [2.24, 2.45) is 0 Å². The van der Waals surface area contributed by atoms with Crippen LogP contribution < -0.4 is 10.6 Å². The summed E-state index contributed by atoms with van der Waals surface area (Å²) >= 11 is 1.35. The highest BCUT2D eigenvalue weighted by atomic mass is 32.1. The number of rotatable bonds is 6. The molecule has 122 valence electrons. The largest absolute Gasteiger partial charge is 0.350 e. The van der Waals surface area contributed by atoms with Crippen LogP contribution in [0.5, 0.6) is 0 Å². The number of amides is 2. The summed E-state index contributed by atoms with van der Waals surface area (Å²) in [4.78, 5) is 28.4. The fraction of sp³-hybridized carbons (Fsp3) is 0.312. The van der Waals surface area contributed by atoms with Gasteiger partial charge in [0.1, 0.15) is 10.7 Å². The van der Waals surface area contributed by atoms with Crippen molar-refractivity contribution in [1.29, 1.82) is 0 Å². The van der Waals surface area contributed by atoms with E-state index in [2.05, 4.69) is 15.6 Å². The van der Waals surface area contributed by atoms with Gasteiger partial charge < -0.3 is 10.6 Å². The van der Waals surface area contributed by atoms with Gasteiger partial charge in [-0.3, -0.25) is 9.59 Å². The van der Waals surface area contributed by atoms with Gasteiger partial charge in [-0.15, -0.1) is 11.3 Å². The molecule has 2 aromatic rings. The average molecular weight is 335 g/mol. The molecular formula is C16H18FN3O2S. The molecule has 2 N–H and O–H groups in total. The lowest BCUT2D eigenvalue weighted by atomic mass is 10.1. The predicted octanol–water partition coefficient (Wildman–Crippen LogP) is 2.31. The zero-order valence-corrected chi connectivity index (χ0v) is 13.8. The van der Waals surface area contributed by atoms with Gasteiger partial charge in [-0.2, -0.15) is 0 Å². The van der Waals surface area contributed by atoms with E-state index in [0.29, 0.717) is 10.4 Å². The summed E-state index contributed by atoms with van der Waals surface area (Å²) in [5.74, 6) is -0.995. The summed E-state index contributed by atoms with van der Waals surface area (Å²) in [6.07, 6.45) is 2.34. The second-order valence-corrected chi connectivity index (χ2v) is 6.06. The first-order valence-corrected chi connectivity index (χ1v) is 8.10. The van der Waals surface area contributed by atoms with E-state index in [4.69, 9.17) is 0 Å². The van der Waals surface area contributed by atoms with Gasteiger partial charge >= 0.3 is 0 Å². The number of hydrogen-bond acceptors (Lipinski definition) is 4. The number of carbonyl (C=O) groups is 2. The van der Waals surface area contributed by atoms with Crippen LogP contribution in [0.4, 0.5) is 4.39 Å². The van der Waals surface area contributed by atoms with Crippen molar-refractivity contribution in [1.82, 2.24) is 15.6 Å². The number of thiazole rings is 1. The minimum absolute atomic E-state index is 0.210. The van der Waals surface area contributed by atoms with Crippen molar-refractivity contribution in [3.8, 4) is 0 Å². The van der Waals surface area contributed by atoms with E-state index in [-0.39, 0.29) is 30.5 Å². The molecule has 2 amide bonds. The molecule has 0 saturated carbocycles. The van der Waals surface area contributed by atoms with E-state index in [9.17, 15) is 14.0 Å². The van der Waals surface area contributed by atoms with Crippen LogP contribution in [0.15, 0.2) is 24.4 Å². The third-order valence-corrected chi connectivity index (χ3v) is 4.35. The van der Waals surface area contributed by atoms with E-state index < -0.39 is 5.82 Å². The molecule has 0 saturated heterocycles. The SMILES string of the molecule is CCc1ncc(C(=O)NCCNC(=O)c2ccc(C)c(F)c2)s1. The number of aryl methyl sites for hydroxylation is 2. The van der Waals surface area contributed by atoms with Crippen LogP contribution in [-0.2, 0) is 6.42 Å². The maximum absolute atomic E-state index is 13.4. The van der Waals surface area contributed by atoms with Gasteiger partial charge in [-0.1, -0.05) is 13.0 Å². The molecule has 0 unspecified atom stereocenters. The molecule has 2 rings (SSSR count). The molecule has 0 bridgehead atoms. The molecule has 1 heterocycles. The Bertz CT molecular complexity index is 715. The summed E-state index contributed by atoms with van der Waals surface area (Å²) in [6.45, 7) is 4.16. The van der Waals surface area contributed by atoms with Gasteiger partial charge in [-0.25, -0.2) is 9.37 Å². The molecule has 0 aliphatic rings. The quantitative estimate of drug-likeness (QED) is 0.796. The van der Waals surface area contributed by atoms with Crippen LogP contribution in [0.3, 0.4) is 0 Å². The predicted molar refractivity (Wildman–Crippen MR) is 87.3 cm³/mol. The van der Waals surface area contributed by atoms with Crippen molar-refractivity contribution < 1.29 is 14.0 Å². The first-order valence-electron chi connectivity index (χ1n) is 7.28. The van der Waals surface area contributed by atoms with E-state index in [1.54, 1.807) is 25.3 Å². The second kappa shape index (κ2) is 7.82. The Morgan fingerprint density at radius 3 is 2.52 bits per heavy atom. The second-order valence-electron chi connectivity index (χ2n) is 4.95. The summed E-state index contributed by atoms with van der Waals surface area (Å²) in [5.41, 5.74) is 0.749. The van der Waals surface area contributed by atoms with Crippen molar-refractivity contribution >= 4 is 23.2 Å². The zero-order chi connectivity index (χ0) is 16.8. The summed E-state index contributed by atoms with van der Waals surface area (Å²) in [5, 5.41) is 6.25. The number of halogens is 1. The van der Waals surface area contributed by atoms with E-state index in [1.807, 2.05) is 6.92 Å². The fourth-order valence-electron chi connectivity index (χ4n) is 1.85. The minimum Gasteiger partial charge on any atom is -0.350 e. The molecular weight excluding hydrogens is 317 g/mol. The first kappa shape index (κ1) is 17.1. The molecule has 0 spiro atoms. The zero-order valence-electron chi connectivity index (χ0n) is 13.0. The van der Waals surface area contributed by atoms with Gasteiger partial charge in [0.2, 0.25) is 0 Å². The standard InChI is InChI=1S/C16H18FN3O2S/c1-3-14-20-9-13(23-14)16(22)19-7-6-18-15(21)11-5-4-10(2)12(17)8-11/h4-5,8-9H,3,6-7H2,1-2H3,(H,18,21)(H,19,22). The van der Waals surface area contributed by atoms with Crippen LogP contribution in [-0.4, -0.2) is 29.9 Å². The molecule has 0 fully saturated rings. The summed E-state index contributed by atoms with van der Waals surface area (Å²) in [7, 11) is 0. The third kappa shape index (κ3) is 4.59. The lowest BCUT2D eigenvalue weighted by Gasteiger charge is -2.07. The number of nitrogens with one attached hydrogen (secondary N) is 2. The van der Waals surface area contributed by atoms with Gasteiger partial charge in [0, 0.05) is 18.7 Å². The Labute approximate surface area is 137 Å². The van der Waals surface area contributed by atoms with Crippen LogP contribution in [0, 0.1) is 12.7 Å². The lowest BCUT2D eigenvalue weighted by Crippen LogP contribution is -2.34. The van der Waals surface area contributed by atoms with Crippen LogP contribution in [0.25, 0.3) is 0 Å². The number of hydrogen-bond donors (Lipinski definition) is 2. The smallest absolute Gasteiger partial charge is 0.263 e. The number of carbonyl (C=O) groups excluding carboxylic acids is 2. The number of nitrogens with zero attached hydrogens (tertiary/aromatic N) is 1. The maximum atomic E-state index is 13.4. The molecule has 1 aromatic heterocycles. The summed E-state index contributed by atoms with van der Waals surface area (Å²) < 4.78 is 13.4. The maximum Gasteiger partial charge on any atom is 0.263 e. The Kier molecular flexibility index (Phi) is 5.81. The lowest BCUT2D eigenvalue weighted by molar-refractivity contribution is 0.0929. The highest BCUT2D eigenvalue weighted by Crippen LogP contribution is 2.12. The Hall–Kier alpha value is -2.28. The topological polar surface area (TPSA) is 71.1 Å². The molecule has 0 aliphatic carbocycles. The Balaban J connectivity index is 1.77. The van der Waals surface area contributed by atoms with Gasteiger partial charge in [0.25, 0.3) is 11.8 Å². The highest BCUT2D eigenvalue weighted by molar-refractivity contribution is 7.13. The van der Waals surface area contributed by atoms with Gasteiger partial charge in [-0.05, 0) is 31.0 Å². The van der Waals surface area contributed by atoms with E-state index >= 15 is 0 Å². The summed E-state index contributed by atoms with van der Waals surface area (Å²) in [6, 6.07) is 4.32. The fourth-order valence-corrected chi connectivity index (χ4v) is 2.63. The van der Waals surface area contributed by atoms with Crippen LogP contribution in [0.1, 0.15) is 37.5 Å². The average Bonchev–Trinajstić information content (AvgIpc) is 3.03. The minimum atomic E-state index is -0.414. The van der Waals surface area contributed by atoms with Crippen molar-refractivity contribution in [3.05, 3.63) is 51.2 Å². The van der Waals surface area contributed by atoms with Gasteiger partial charge in [0.15, 0.2) is 0 Å². The Morgan fingerprint density at radius 1 is 1.22 bits per heavy atom. The van der Waals surface area contributed by atoms with Crippen LogP contribution >= 0.6 is 11.3 Å². The molecule has 23 heavy (non-hydrogen) atoms. The van der Waals surface area contributed by atoms with E-state index in [1.165, 1.54) is 17.4 Å². The van der Waals surface area contributed by atoms with Crippen molar-refractivity contribution in [2.45, 2.75) is 20.3 Å². The molecule has 0 aliphatic heterocycles. The first-order chi connectivity index (χ1) is 11.0. The van der Waals surface area contributed by atoms with Crippen molar-refractivity contribution in [2.75, 3.05) is 13.1 Å². The van der Waals surface area contributed by atoms with Crippen LogP contribution in [0.2, 0.25) is 0 Å². The molecule has 0 radical (unpaired) electrons. The van der Waals surface area contributed by atoms with E-state index in [0.717, 1.165) is 11.4 Å². The molecule has 1 aromatic carbocycles. The molecule has 7 heteroatoms. The highest BCUT2D eigenvalue weighted by Gasteiger charge is 2.10. The molecule has 0 atom stereocenters. The molecule has 5 nitrogen and oxygen atoms in total. The Morgan fingerprint density at radius 2 is 1.91 bits per heavy atom. The van der Waals surface area contributed by atoms with Crippen molar-refractivity contribution in [3.63, 3.8) is 0 Å². The van der Waals surface area contributed by atoms with Gasteiger partial charge in [0.05, 0.1) is 11.2 Å². The number of benzene rings is 1.